The third-order valence-electron chi connectivity index (χ3n) is 4.03. The van der Waals surface area contributed by atoms with Crippen molar-refractivity contribution in [2.24, 2.45) is 0 Å². The summed E-state index contributed by atoms with van der Waals surface area (Å²) in [6.07, 6.45) is 8.94. The Morgan fingerprint density at radius 1 is 0.960 bits per heavy atom. The van der Waals surface area contributed by atoms with Gasteiger partial charge in [0, 0.05) is 41.6 Å². The van der Waals surface area contributed by atoms with Gasteiger partial charge in [0.25, 0.3) is 0 Å². The van der Waals surface area contributed by atoms with Crippen molar-refractivity contribution in [1.82, 2.24) is 19.9 Å². The molecule has 5 heteroatoms. The summed E-state index contributed by atoms with van der Waals surface area (Å²) in [7, 11) is 0. The maximum absolute atomic E-state index is 4.57. The maximum atomic E-state index is 4.57. The van der Waals surface area contributed by atoms with Crippen LogP contribution in [0.3, 0.4) is 0 Å². The normalized spacial score (nSPS) is 10.6. The van der Waals surface area contributed by atoms with Crippen molar-refractivity contribution in [3.63, 3.8) is 0 Å². The van der Waals surface area contributed by atoms with Crippen LogP contribution < -0.4 is 5.32 Å². The first kappa shape index (κ1) is 15.1. The van der Waals surface area contributed by atoms with Crippen LogP contribution in [0.2, 0.25) is 0 Å². The average Bonchev–Trinajstić information content (AvgIpc) is 3.03. The number of aromatic nitrogens is 4. The van der Waals surface area contributed by atoms with Gasteiger partial charge in [-0.2, -0.15) is 0 Å². The van der Waals surface area contributed by atoms with Crippen molar-refractivity contribution in [3.05, 3.63) is 79.1 Å². The van der Waals surface area contributed by atoms with Crippen molar-refractivity contribution >= 4 is 11.5 Å². The van der Waals surface area contributed by atoms with Gasteiger partial charge in [0.05, 0.1) is 5.69 Å². The molecule has 5 nitrogen and oxygen atoms in total. The average molecular weight is 327 g/mol. The number of hydrogen-bond donors (Lipinski definition) is 2. The van der Waals surface area contributed by atoms with Gasteiger partial charge in [-0.15, -0.1) is 0 Å². The number of rotatable bonds is 4. The lowest BCUT2D eigenvalue weighted by Gasteiger charge is -2.09. The number of aryl methyl sites for hydroxylation is 1. The molecule has 0 radical (unpaired) electrons. The summed E-state index contributed by atoms with van der Waals surface area (Å²) in [5, 5.41) is 3.43. The first-order valence-corrected chi connectivity index (χ1v) is 8.03. The van der Waals surface area contributed by atoms with Crippen LogP contribution in [0.5, 0.6) is 0 Å². The first-order valence-electron chi connectivity index (χ1n) is 8.03. The molecule has 0 amide bonds. The lowest BCUT2D eigenvalue weighted by molar-refractivity contribution is 1.17. The number of nitrogens with zero attached hydrogens (tertiary/aromatic N) is 3. The highest BCUT2D eigenvalue weighted by Gasteiger charge is 2.13. The summed E-state index contributed by atoms with van der Waals surface area (Å²) in [5.74, 6) is 0.928. The summed E-state index contributed by atoms with van der Waals surface area (Å²) in [6.45, 7) is 2.07. The quantitative estimate of drug-likeness (QED) is 0.575. The second kappa shape index (κ2) is 6.57. The smallest absolute Gasteiger partial charge is 0.117 e. The van der Waals surface area contributed by atoms with Crippen molar-refractivity contribution in [2.45, 2.75) is 6.92 Å². The minimum atomic E-state index is 0.901. The molecule has 0 atom stereocenters. The third-order valence-corrected chi connectivity index (χ3v) is 4.03. The van der Waals surface area contributed by atoms with Gasteiger partial charge in [-0.3, -0.25) is 4.98 Å². The Kier molecular flexibility index (Phi) is 3.96. The van der Waals surface area contributed by atoms with Crippen molar-refractivity contribution in [2.75, 3.05) is 5.32 Å². The highest BCUT2D eigenvalue weighted by Crippen LogP contribution is 2.33. The molecule has 3 aromatic heterocycles. The van der Waals surface area contributed by atoms with Crippen LogP contribution in [-0.2, 0) is 0 Å². The SMILES string of the molecule is Cc1c[nH]c(Nc2ccccc2)c1-c1cc(-c2cncnc2)ccn1. The Balaban J connectivity index is 1.74. The topological polar surface area (TPSA) is 66.5 Å². The molecule has 0 unspecified atom stereocenters. The summed E-state index contributed by atoms with van der Waals surface area (Å²) < 4.78 is 0. The standard InChI is InChI=1S/C20H17N5/c1-14-10-24-20(25-17-5-3-2-4-6-17)19(14)18-9-15(7-8-23-18)16-11-21-13-22-12-16/h2-13,24-25H,1H3. The highest BCUT2D eigenvalue weighted by molar-refractivity contribution is 5.81. The lowest BCUT2D eigenvalue weighted by atomic mass is 10.0. The number of hydrogen-bond acceptors (Lipinski definition) is 4. The molecule has 0 fully saturated rings. The number of H-pyrrole nitrogens is 1. The molecule has 2 N–H and O–H groups in total. The summed E-state index contributed by atoms with van der Waals surface area (Å²) in [4.78, 5) is 16.1. The number of nitrogens with one attached hydrogen (secondary N) is 2. The second-order valence-corrected chi connectivity index (χ2v) is 5.77. The zero-order chi connectivity index (χ0) is 17.1. The predicted molar refractivity (Wildman–Crippen MR) is 99.5 cm³/mol. The minimum Gasteiger partial charge on any atom is -0.347 e. The van der Waals surface area contributed by atoms with E-state index >= 15 is 0 Å². The summed E-state index contributed by atoms with van der Waals surface area (Å²) >= 11 is 0. The van der Waals surface area contributed by atoms with Crippen LogP contribution >= 0.6 is 0 Å². The molecule has 0 saturated heterocycles. The van der Waals surface area contributed by atoms with E-state index in [0.717, 1.165) is 39.5 Å². The highest BCUT2D eigenvalue weighted by atomic mass is 15.0. The molecular formula is C20H17N5. The number of anilines is 2. The zero-order valence-electron chi connectivity index (χ0n) is 13.8. The molecular weight excluding hydrogens is 310 g/mol. The van der Waals surface area contributed by atoms with Gasteiger partial charge < -0.3 is 10.3 Å². The van der Waals surface area contributed by atoms with Gasteiger partial charge in [0.15, 0.2) is 0 Å². The molecule has 4 rings (SSSR count). The van der Waals surface area contributed by atoms with Crippen LogP contribution in [-0.4, -0.2) is 19.9 Å². The number of aromatic amines is 1. The number of pyridine rings is 1. The Labute approximate surface area is 145 Å². The number of benzene rings is 1. The molecule has 0 saturated carbocycles. The van der Waals surface area contributed by atoms with Crippen LogP contribution in [0.15, 0.2) is 73.6 Å². The van der Waals surface area contributed by atoms with E-state index in [1.165, 1.54) is 6.33 Å². The van der Waals surface area contributed by atoms with Crippen LogP contribution in [0.25, 0.3) is 22.4 Å². The molecule has 0 bridgehead atoms. The van der Waals surface area contributed by atoms with Gasteiger partial charge in [-0.05, 0) is 42.3 Å². The van der Waals surface area contributed by atoms with E-state index in [-0.39, 0.29) is 0 Å². The molecule has 0 aliphatic rings. The summed E-state index contributed by atoms with van der Waals surface area (Å²) in [5.41, 5.74) is 6.13. The molecule has 122 valence electrons. The van der Waals surface area contributed by atoms with Gasteiger partial charge in [0.1, 0.15) is 12.1 Å². The van der Waals surface area contributed by atoms with E-state index in [1.54, 1.807) is 12.4 Å². The van der Waals surface area contributed by atoms with Crippen molar-refractivity contribution in [1.29, 1.82) is 0 Å². The van der Waals surface area contributed by atoms with Gasteiger partial charge in [0.2, 0.25) is 0 Å². The molecule has 25 heavy (non-hydrogen) atoms. The molecule has 4 aromatic rings. The fourth-order valence-electron chi connectivity index (χ4n) is 2.81. The molecule has 3 heterocycles. The van der Waals surface area contributed by atoms with Crippen molar-refractivity contribution in [3.8, 4) is 22.4 Å². The zero-order valence-corrected chi connectivity index (χ0v) is 13.8. The van der Waals surface area contributed by atoms with E-state index in [2.05, 4.69) is 38.2 Å². The first-order chi connectivity index (χ1) is 12.3. The van der Waals surface area contributed by atoms with Crippen molar-refractivity contribution < 1.29 is 0 Å². The molecule has 0 aliphatic carbocycles. The fraction of sp³-hybridized carbons (Fsp3) is 0.0500. The van der Waals surface area contributed by atoms with Crippen LogP contribution in [0, 0.1) is 6.92 Å². The minimum absolute atomic E-state index is 0.901. The van der Waals surface area contributed by atoms with E-state index in [1.807, 2.05) is 48.8 Å². The Bertz CT molecular complexity index is 977. The van der Waals surface area contributed by atoms with E-state index in [4.69, 9.17) is 0 Å². The Morgan fingerprint density at radius 2 is 1.76 bits per heavy atom. The lowest BCUT2D eigenvalue weighted by Crippen LogP contribution is -1.94. The molecule has 0 spiro atoms. The molecule has 0 aliphatic heterocycles. The van der Waals surface area contributed by atoms with Crippen LogP contribution in [0.1, 0.15) is 5.56 Å². The Morgan fingerprint density at radius 3 is 2.56 bits per heavy atom. The van der Waals surface area contributed by atoms with Gasteiger partial charge in [-0.25, -0.2) is 9.97 Å². The Hall–Kier alpha value is -3.47. The van der Waals surface area contributed by atoms with Crippen LogP contribution in [0.4, 0.5) is 11.5 Å². The van der Waals surface area contributed by atoms with Gasteiger partial charge >= 0.3 is 0 Å². The largest absolute Gasteiger partial charge is 0.347 e. The predicted octanol–water partition coefficient (Wildman–Crippen LogP) is 4.59. The van der Waals surface area contributed by atoms with Gasteiger partial charge in [-0.1, -0.05) is 18.2 Å². The third kappa shape index (κ3) is 3.12. The fourth-order valence-corrected chi connectivity index (χ4v) is 2.81. The maximum Gasteiger partial charge on any atom is 0.117 e. The second-order valence-electron chi connectivity index (χ2n) is 5.77. The van der Waals surface area contributed by atoms with E-state index in [9.17, 15) is 0 Å². The van der Waals surface area contributed by atoms with E-state index in [0.29, 0.717) is 0 Å². The number of para-hydroxylation sites is 1. The monoisotopic (exact) mass is 327 g/mol. The van der Waals surface area contributed by atoms with E-state index < -0.39 is 0 Å². The molecule has 1 aromatic carbocycles. The summed E-state index contributed by atoms with van der Waals surface area (Å²) in [6, 6.07) is 14.1.